The van der Waals surface area contributed by atoms with E-state index in [9.17, 15) is 4.39 Å². The van der Waals surface area contributed by atoms with Crippen LogP contribution >= 0.6 is 11.8 Å². The number of nitrogens with zero attached hydrogens (tertiary/aromatic N) is 3. The van der Waals surface area contributed by atoms with Gasteiger partial charge in [-0.1, -0.05) is 12.1 Å². The Kier molecular flexibility index (Phi) is 5.20. The first-order chi connectivity index (χ1) is 13.2. The third kappa shape index (κ3) is 4.54. The molecule has 138 valence electrons. The molecule has 0 aliphatic heterocycles. The van der Waals surface area contributed by atoms with Crippen LogP contribution in [0.25, 0.3) is 11.4 Å². The Morgan fingerprint density at radius 2 is 2.07 bits per heavy atom. The maximum atomic E-state index is 13.4. The molecular weight excluding hydrogens is 363 g/mol. The topological polar surface area (TPSA) is 59.9 Å². The number of nitrogens with one attached hydrogen (secondary N) is 1. The van der Waals surface area contributed by atoms with Crippen LogP contribution < -0.4 is 10.1 Å². The molecule has 27 heavy (non-hydrogen) atoms. The molecule has 0 spiro atoms. The van der Waals surface area contributed by atoms with Crippen molar-refractivity contribution in [3.05, 3.63) is 60.2 Å². The zero-order valence-electron chi connectivity index (χ0n) is 14.9. The van der Waals surface area contributed by atoms with E-state index in [4.69, 9.17) is 4.74 Å². The molecule has 0 bridgehead atoms. The number of anilines is 2. The van der Waals surface area contributed by atoms with Crippen LogP contribution in [0.2, 0.25) is 0 Å². The Labute approximate surface area is 161 Å². The molecule has 2 aromatic carbocycles. The second-order valence-electron chi connectivity index (χ2n) is 6.31. The molecule has 1 aliphatic rings. The van der Waals surface area contributed by atoms with E-state index in [1.165, 1.54) is 44.0 Å². The van der Waals surface area contributed by atoms with E-state index in [-0.39, 0.29) is 5.82 Å². The number of hydrogen-bond donors (Lipinski definition) is 1. The number of ether oxygens (including phenoxy) is 1. The summed E-state index contributed by atoms with van der Waals surface area (Å²) in [4.78, 5) is 12.8. The second kappa shape index (κ2) is 7.92. The number of halogens is 1. The van der Waals surface area contributed by atoms with Crippen LogP contribution in [-0.4, -0.2) is 27.3 Å². The van der Waals surface area contributed by atoms with E-state index in [1.807, 2.05) is 23.9 Å². The third-order valence-electron chi connectivity index (χ3n) is 4.17. The highest BCUT2D eigenvalue weighted by Gasteiger charge is 2.21. The van der Waals surface area contributed by atoms with Gasteiger partial charge < -0.3 is 10.1 Å². The number of aromatic nitrogens is 3. The number of benzene rings is 2. The highest BCUT2D eigenvalue weighted by molar-refractivity contribution is 7.99. The molecule has 1 N–H and O–H groups in total. The zero-order chi connectivity index (χ0) is 18.6. The summed E-state index contributed by atoms with van der Waals surface area (Å²) < 4.78 is 18.7. The van der Waals surface area contributed by atoms with Gasteiger partial charge in [0.25, 0.3) is 0 Å². The summed E-state index contributed by atoms with van der Waals surface area (Å²) in [6, 6.07) is 12.5. The van der Waals surface area contributed by atoms with Crippen LogP contribution in [0.3, 0.4) is 0 Å². The molecule has 0 radical (unpaired) electrons. The van der Waals surface area contributed by atoms with Crippen molar-refractivity contribution in [3.8, 4) is 17.1 Å². The highest BCUT2D eigenvalue weighted by Crippen LogP contribution is 2.36. The molecule has 5 nitrogen and oxygen atoms in total. The molecule has 0 atom stereocenters. The van der Waals surface area contributed by atoms with Crippen molar-refractivity contribution in [1.82, 2.24) is 15.0 Å². The average Bonchev–Trinajstić information content (AvgIpc) is 3.51. The van der Waals surface area contributed by atoms with Gasteiger partial charge in [-0.3, -0.25) is 0 Å². The summed E-state index contributed by atoms with van der Waals surface area (Å²) in [6.45, 7) is 0. The SMILES string of the molecule is COc1cc(F)ccc1-c1ncnc(Nc2cccc(CSC3CC3)c2)n1. The van der Waals surface area contributed by atoms with Gasteiger partial charge in [-0.05, 0) is 42.7 Å². The minimum atomic E-state index is -0.371. The van der Waals surface area contributed by atoms with E-state index < -0.39 is 0 Å². The Morgan fingerprint density at radius 1 is 1.19 bits per heavy atom. The van der Waals surface area contributed by atoms with Crippen LogP contribution in [0.5, 0.6) is 5.75 Å². The standard InChI is InChI=1S/C20H19FN4OS/c1-26-18-10-14(21)5-8-17(18)19-22-12-23-20(25-19)24-15-4-2-3-13(9-15)11-27-16-6-7-16/h2-5,8-10,12,16H,6-7,11H2,1H3,(H,22,23,24,25). The first-order valence-corrected chi connectivity index (χ1v) is 9.76. The molecule has 1 aromatic heterocycles. The number of hydrogen-bond acceptors (Lipinski definition) is 6. The maximum Gasteiger partial charge on any atom is 0.230 e. The fourth-order valence-electron chi connectivity index (χ4n) is 2.65. The predicted octanol–water partition coefficient (Wildman–Crippen LogP) is 4.83. The molecule has 7 heteroatoms. The van der Waals surface area contributed by atoms with Crippen molar-refractivity contribution in [2.75, 3.05) is 12.4 Å². The normalized spacial score (nSPS) is 13.4. The molecule has 0 amide bonds. The Hall–Kier alpha value is -2.67. The van der Waals surface area contributed by atoms with E-state index in [1.54, 1.807) is 6.07 Å². The van der Waals surface area contributed by atoms with Gasteiger partial charge in [0.2, 0.25) is 5.95 Å². The number of rotatable bonds is 7. The van der Waals surface area contributed by atoms with Crippen molar-refractivity contribution in [2.24, 2.45) is 0 Å². The molecular formula is C20H19FN4OS. The maximum absolute atomic E-state index is 13.4. The smallest absolute Gasteiger partial charge is 0.230 e. The molecule has 3 aromatic rings. The predicted molar refractivity (Wildman–Crippen MR) is 106 cm³/mol. The van der Waals surface area contributed by atoms with E-state index in [0.29, 0.717) is 23.1 Å². The lowest BCUT2D eigenvalue weighted by molar-refractivity contribution is 0.412. The Bertz CT molecular complexity index is 949. The van der Waals surface area contributed by atoms with Gasteiger partial charge in [0.05, 0.1) is 12.7 Å². The van der Waals surface area contributed by atoms with Gasteiger partial charge in [-0.15, -0.1) is 0 Å². The van der Waals surface area contributed by atoms with Crippen LogP contribution in [-0.2, 0) is 5.75 Å². The fourth-order valence-corrected chi connectivity index (χ4v) is 3.73. The minimum Gasteiger partial charge on any atom is -0.496 e. The average molecular weight is 382 g/mol. The molecule has 1 fully saturated rings. The lowest BCUT2D eigenvalue weighted by Gasteiger charge is -2.10. The molecule has 4 rings (SSSR count). The lowest BCUT2D eigenvalue weighted by atomic mass is 10.2. The molecule has 0 unspecified atom stereocenters. The van der Waals surface area contributed by atoms with Crippen molar-refractivity contribution in [2.45, 2.75) is 23.8 Å². The molecule has 0 saturated heterocycles. The molecule has 1 aliphatic carbocycles. The van der Waals surface area contributed by atoms with Gasteiger partial charge in [0, 0.05) is 22.8 Å². The van der Waals surface area contributed by atoms with E-state index in [0.717, 1.165) is 16.7 Å². The summed E-state index contributed by atoms with van der Waals surface area (Å²) >= 11 is 2.00. The Balaban J connectivity index is 1.53. The molecule has 1 heterocycles. The van der Waals surface area contributed by atoms with Crippen LogP contribution in [0.4, 0.5) is 16.0 Å². The fraction of sp³-hybridized carbons (Fsp3) is 0.250. The minimum absolute atomic E-state index is 0.371. The van der Waals surface area contributed by atoms with Gasteiger partial charge in [0.15, 0.2) is 5.82 Å². The van der Waals surface area contributed by atoms with Crippen molar-refractivity contribution in [1.29, 1.82) is 0 Å². The first-order valence-electron chi connectivity index (χ1n) is 8.72. The lowest BCUT2D eigenvalue weighted by Crippen LogP contribution is -2.01. The number of thioether (sulfide) groups is 1. The van der Waals surface area contributed by atoms with Crippen LogP contribution in [0.1, 0.15) is 18.4 Å². The van der Waals surface area contributed by atoms with Crippen molar-refractivity contribution in [3.63, 3.8) is 0 Å². The van der Waals surface area contributed by atoms with Gasteiger partial charge in [-0.25, -0.2) is 14.4 Å². The Morgan fingerprint density at radius 3 is 2.89 bits per heavy atom. The van der Waals surface area contributed by atoms with E-state index in [2.05, 4.69) is 32.4 Å². The number of methoxy groups -OCH3 is 1. The van der Waals surface area contributed by atoms with E-state index >= 15 is 0 Å². The summed E-state index contributed by atoms with van der Waals surface area (Å²) in [5.74, 6) is 1.87. The van der Waals surface area contributed by atoms with Crippen LogP contribution in [0, 0.1) is 5.82 Å². The second-order valence-corrected chi connectivity index (χ2v) is 7.60. The van der Waals surface area contributed by atoms with Crippen molar-refractivity contribution >= 4 is 23.4 Å². The third-order valence-corrected chi connectivity index (χ3v) is 5.61. The molecule has 1 saturated carbocycles. The van der Waals surface area contributed by atoms with Gasteiger partial charge >= 0.3 is 0 Å². The highest BCUT2D eigenvalue weighted by atomic mass is 32.2. The zero-order valence-corrected chi connectivity index (χ0v) is 15.7. The monoisotopic (exact) mass is 382 g/mol. The summed E-state index contributed by atoms with van der Waals surface area (Å²) in [6.07, 6.45) is 4.10. The summed E-state index contributed by atoms with van der Waals surface area (Å²) in [5, 5.41) is 4.05. The quantitative estimate of drug-likeness (QED) is 0.632. The largest absolute Gasteiger partial charge is 0.496 e. The summed E-state index contributed by atoms with van der Waals surface area (Å²) in [5.41, 5.74) is 2.80. The van der Waals surface area contributed by atoms with Crippen LogP contribution in [0.15, 0.2) is 48.8 Å². The van der Waals surface area contributed by atoms with Crippen molar-refractivity contribution < 1.29 is 9.13 Å². The van der Waals surface area contributed by atoms with Gasteiger partial charge in [0.1, 0.15) is 17.9 Å². The summed E-state index contributed by atoms with van der Waals surface area (Å²) in [7, 11) is 1.49. The first kappa shape index (κ1) is 17.7. The van der Waals surface area contributed by atoms with Gasteiger partial charge in [-0.2, -0.15) is 16.7 Å².